The number of hydrogen-bond acceptors (Lipinski definition) is 3. The number of hydrazone groups is 1. The van der Waals surface area contributed by atoms with E-state index >= 15 is 0 Å². The highest BCUT2D eigenvalue weighted by molar-refractivity contribution is 5.83. The lowest BCUT2D eigenvalue weighted by atomic mass is 9.88. The van der Waals surface area contributed by atoms with Crippen molar-refractivity contribution in [2.24, 2.45) is 11.0 Å². The second-order valence-corrected chi connectivity index (χ2v) is 5.72. The summed E-state index contributed by atoms with van der Waals surface area (Å²) in [4.78, 5) is 2.64. The monoisotopic (exact) mass is 233 g/mol. The SMILES string of the molecule is CC1=NNC(C2CCCN(C3=CCCC3)C2)C1. The molecular formula is C14H23N3. The lowest BCUT2D eigenvalue weighted by molar-refractivity contribution is 0.183. The van der Waals surface area contributed by atoms with Crippen LogP contribution in [-0.4, -0.2) is 29.7 Å². The Bertz CT molecular complexity index is 345. The number of hydrogen-bond donors (Lipinski definition) is 1. The van der Waals surface area contributed by atoms with Crippen LogP contribution < -0.4 is 5.43 Å². The molecule has 2 heterocycles. The van der Waals surface area contributed by atoms with Gasteiger partial charge in [0.15, 0.2) is 0 Å². The third-order valence-electron chi connectivity index (χ3n) is 4.39. The van der Waals surface area contributed by atoms with Crippen LogP contribution in [0, 0.1) is 5.92 Å². The Morgan fingerprint density at radius 3 is 3.06 bits per heavy atom. The Morgan fingerprint density at radius 1 is 1.41 bits per heavy atom. The Hall–Kier alpha value is -0.990. The van der Waals surface area contributed by atoms with Gasteiger partial charge in [-0.1, -0.05) is 6.08 Å². The summed E-state index contributed by atoms with van der Waals surface area (Å²) in [5.74, 6) is 0.784. The molecule has 0 bridgehead atoms. The van der Waals surface area contributed by atoms with Gasteiger partial charge in [-0.3, -0.25) is 0 Å². The normalized spacial score (nSPS) is 33.4. The fourth-order valence-corrected chi connectivity index (χ4v) is 3.42. The Labute approximate surface area is 104 Å². The zero-order valence-corrected chi connectivity index (χ0v) is 10.8. The molecule has 1 saturated heterocycles. The zero-order chi connectivity index (χ0) is 11.7. The summed E-state index contributed by atoms with van der Waals surface area (Å²) in [6.07, 6.45) is 10.3. The zero-order valence-electron chi connectivity index (χ0n) is 10.8. The average molecular weight is 233 g/mol. The highest BCUT2D eigenvalue weighted by atomic mass is 15.3. The summed E-state index contributed by atoms with van der Waals surface area (Å²) in [7, 11) is 0. The number of rotatable bonds is 2. The van der Waals surface area contributed by atoms with Gasteiger partial charge in [-0.05, 0) is 44.9 Å². The Balaban J connectivity index is 1.60. The van der Waals surface area contributed by atoms with E-state index in [9.17, 15) is 0 Å². The number of likely N-dealkylation sites (tertiary alicyclic amines) is 1. The lowest BCUT2D eigenvalue weighted by Gasteiger charge is -2.37. The maximum atomic E-state index is 4.35. The van der Waals surface area contributed by atoms with E-state index in [2.05, 4.69) is 28.4 Å². The molecule has 3 nitrogen and oxygen atoms in total. The van der Waals surface area contributed by atoms with Crippen LogP contribution in [0.4, 0.5) is 0 Å². The molecule has 0 spiro atoms. The first-order chi connectivity index (χ1) is 8.33. The minimum Gasteiger partial charge on any atom is -0.375 e. The summed E-state index contributed by atoms with van der Waals surface area (Å²) in [5.41, 5.74) is 6.22. The van der Waals surface area contributed by atoms with E-state index < -0.39 is 0 Å². The third kappa shape index (κ3) is 2.33. The van der Waals surface area contributed by atoms with Crippen molar-refractivity contribution in [3.05, 3.63) is 11.8 Å². The largest absolute Gasteiger partial charge is 0.375 e. The maximum Gasteiger partial charge on any atom is 0.0537 e. The molecule has 1 aliphatic carbocycles. The summed E-state index contributed by atoms with van der Waals surface area (Å²) in [6.45, 7) is 4.65. The summed E-state index contributed by atoms with van der Waals surface area (Å²) in [6, 6.07) is 0.597. The number of piperidine rings is 1. The Morgan fingerprint density at radius 2 is 2.35 bits per heavy atom. The molecule has 2 aliphatic heterocycles. The van der Waals surface area contributed by atoms with E-state index in [0.717, 1.165) is 12.3 Å². The quantitative estimate of drug-likeness (QED) is 0.793. The van der Waals surface area contributed by atoms with Crippen molar-refractivity contribution in [3.8, 4) is 0 Å². The molecule has 0 saturated carbocycles. The van der Waals surface area contributed by atoms with E-state index in [0.29, 0.717) is 6.04 Å². The van der Waals surface area contributed by atoms with E-state index in [4.69, 9.17) is 0 Å². The molecule has 0 radical (unpaired) electrons. The maximum absolute atomic E-state index is 4.35. The van der Waals surface area contributed by atoms with Crippen LogP contribution in [0.15, 0.2) is 16.9 Å². The molecule has 94 valence electrons. The van der Waals surface area contributed by atoms with Crippen LogP contribution in [0.2, 0.25) is 0 Å². The molecule has 0 aromatic heterocycles. The molecule has 0 aromatic rings. The van der Waals surface area contributed by atoms with Crippen molar-refractivity contribution in [2.45, 2.75) is 51.5 Å². The minimum absolute atomic E-state index is 0.597. The van der Waals surface area contributed by atoms with Gasteiger partial charge in [-0.15, -0.1) is 0 Å². The average Bonchev–Trinajstić information content (AvgIpc) is 3.00. The predicted octanol–water partition coefficient (Wildman–Crippen LogP) is 2.50. The Kier molecular flexibility index (Phi) is 3.08. The van der Waals surface area contributed by atoms with E-state index in [1.165, 1.54) is 50.9 Å². The van der Waals surface area contributed by atoms with Gasteiger partial charge in [0.2, 0.25) is 0 Å². The molecule has 1 N–H and O–H groups in total. The standard InChI is InChI=1S/C14H23N3/c1-11-9-14(16-15-11)12-5-4-8-17(10-12)13-6-2-3-7-13/h6,12,14,16H,2-5,7-10H2,1H3. The lowest BCUT2D eigenvalue weighted by Crippen LogP contribution is -2.42. The topological polar surface area (TPSA) is 27.6 Å². The molecule has 3 aliphatic rings. The fraction of sp³-hybridized carbons (Fsp3) is 0.786. The highest BCUT2D eigenvalue weighted by Crippen LogP contribution is 2.29. The smallest absolute Gasteiger partial charge is 0.0537 e. The van der Waals surface area contributed by atoms with Crippen molar-refractivity contribution in [1.29, 1.82) is 0 Å². The minimum atomic E-state index is 0.597. The number of allylic oxidation sites excluding steroid dienone is 2. The fourth-order valence-electron chi connectivity index (χ4n) is 3.42. The van der Waals surface area contributed by atoms with Crippen LogP contribution in [0.5, 0.6) is 0 Å². The molecular weight excluding hydrogens is 210 g/mol. The van der Waals surface area contributed by atoms with Gasteiger partial charge in [0.05, 0.1) is 6.04 Å². The summed E-state index contributed by atoms with van der Waals surface area (Å²) in [5, 5.41) is 4.35. The van der Waals surface area contributed by atoms with Gasteiger partial charge in [0.25, 0.3) is 0 Å². The van der Waals surface area contributed by atoms with Crippen molar-refractivity contribution in [3.63, 3.8) is 0 Å². The van der Waals surface area contributed by atoms with Crippen LogP contribution >= 0.6 is 0 Å². The van der Waals surface area contributed by atoms with Gasteiger partial charge >= 0.3 is 0 Å². The van der Waals surface area contributed by atoms with E-state index in [1.807, 2.05) is 0 Å². The molecule has 2 atom stereocenters. The first-order valence-electron chi connectivity index (χ1n) is 7.05. The predicted molar refractivity (Wildman–Crippen MR) is 70.9 cm³/mol. The summed E-state index contributed by atoms with van der Waals surface area (Å²) >= 11 is 0. The molecule has 17 heavy (non-hydrogen) atoms. The van der Waals surface area contributed by atoms with Gasteiger partial charge in [-0.25, -0.2) is 0 Å². The molecule has 3 heteroatoms. The van der Waals surface area contributed by atoms with Crippen molar-refractivity contribution < 1.29 is 0 Å². The van der Waals surface area contributed by atoms with Gasteiger partial charge in [0.1, 0.15) is 0 Å². The van der Waals surface area contributed by atoms with Crippen molar-refractivity contribution >= 4 is 5.71 Å². The van der Waals surface area contributed by atoms with Crippen molar-refractivity contribution in [2.75, 3.05) is 13.1 Å². The van der Waals surface area contributed by atoms with Crippen LogP contribution in [0.3, 0.4) is 0 Å². The second kappa shape index (κ2) is 4.71. The van der Waals surface area contributed by atoms with E-state index in [-0.39, 0.29) is 0 Å². The summed E-state index contributed by atoms with van der Waals surface area (Å²) < 4.78 is 0. The van der Waals surface area contributed by atoms with Gasteiger partial charge in [-0.2, -0.15) is 5.10 Å². The molecule has 0 aromatic carbocycles. The number of nitrogens with one attached hydrogen (secondary N) is 1. The third-order valence-corrected chi connectivity index (χ3v) is 4.39. The second-order valence-electron chi connectivity index (χ2n) is 5.72. The molecule has 3 rings (SSSR count). The highest BCUT2D eigenvalue weighted by Gasteiger charge is 2.30. The molecule has 1 fully saturated rings. The molecule has 2 unspecified atom stereocenters. The first kappa shape index (κ1) is 11.1. The van der Waals surface area contributed by atoms with Gasteiger partial charge < -0.3 is 10.3 Å². The number of nitrogens with zero attached hydrogens (tertiary/aromatic N) is 2. The van der Waals surface area contributed by atoms with E-state index in [1.54, 1.807) is 5.70 Å². The van der Waals surface area contributed by atoms with Crippen LogP contribution in [0.25, 0.3) is 0 Å². The molecule has 0 amide bonds. The van der Waals surface area contributed by atoms with Gasteiger partial charge in [0, 0.05) is 30.9 Å². The van der Waals surface area contributed by atoms with Crippen molar-refractivity contribution in [1.82, 2.24) is 10.3 Å². The van der Waals surface area contributed by atoms with Crippen LogP contribution in [0.1, 0.15) is 45.4 Å². The van der Waals surface area contributed by atoms with Crippen LogP contribution in [-0.2, 0) is 0 Å². The first-order valence-corrected chi connectivity index (χ1v) is 7.05.